The summed E-state index contributed by atoms with van der Waals surface area (Å²) in [6, 6.07) is 12.3. The van der Waals surface area contributed by atoms with Gasteiger partial charge in [0.25, 0.3) is 5.91 Å². The molecule has 1 aromatic heterocycles. The van der Waals surface area contributed by atoms with E-state index in [-0.39, 0.29) is 5.91 Å². The summed E-state index contributed by atoms with van der Waals surface area (Å²) < 4.78 is 0. The van der Waals surface area contributed by atoms with Crippen molar-refractivity contribution in [3.63, 3.8) is 0 Å². The molecule has 1 aromatic carbocycles. The minimum atomic E-state index is -0.213. The molecule has 2 aromatic rings. The van der Waals surface area contributed by atoms with E-state index in [2.05, 4.69) is 10.3 Å². The Labute approximate surface area is 99.5 Å². The fourth-order valence-electron chi connectivity index (χ4n) is 1.48. The smallest absolute Gasteiger partial charge is 0.256 e. The molecule has 0 radical (unpaired) electrons. The molecule has 0 atom stereocenters. The molecule has 0 spiro atoms. The maximum Gasteiger partial charge on any atom is 0.256 e. The van der Waals surface area contributed by atoms with Crippen LogP contribution < -0.4 is 11.1 Å². The van der Waals surface area contributed by atoms with E-state index in [0.717, 1.165) is 5.69 Å². The third-order valence-electron chi connectivity index (χ3n) is 2.28. The Hall–Kier alpha value is -2.36. The van der Waals surface area contributed by atoms with Crippen molar-refractivity contribution in [1.82, 2.24) is 4.98 Å². The first-order valence-electron chi connectivity index (χ1n) is 5.26. The molecule has 1 amide bonds. The number of nitrogens with one attached hydrogen (secondary N) is 1. The average molecular weight is 227 g/mol. The molecule has 0 saturated carbocycles. The fourth-order valence-corrected chi connectivity index (χ4v) is 1.48. The lowest BCUT2D eigenvalue weighted by Crippen LogP contribution is -2.13. The summed E-state index contributed by atoms with van der Waals surface area (Å²) in [5, 5.41) is 2.72. The predicted molar refractivity (Wildman–Crippen MR) is 67.8 cm³/mol. The molecule has 3 N–H and O–H groups in total. The third kappa shape index (κ3) is 2.81. The molecule has 4 heteroatoms. The van der Waals surface area contributed by atoms with Crippen LogP contribution in [0.4, 0.5) is 11.5 Å². The van der Waals surface area contributed by atoms with E-state index in [4.69, 9.17) is 5.73 Å². The SMILES string of the molecule is Cc1cccc(NC(=O)c2cccc(N)c2)n1. The standard InChI is InChI=1S/C13H13N3O/c1-9-4-2-7-12(15-9)16-13(17)10-5-3-6-11(14)8-10/h2-8H,14H2,1H3,(H,15,16,17). The van der Waals surface area contributed by atoms with E-state index >= 15 is 0 Å². The number of anilines is 2. The molecule has 4 nitrogen and oxygen atoms in total. The summed E-state index contributed by atoms with van der Waals surface area (Å²) in [6.45, 7) is 1.87. The van der Waals surface area contributed by atoms with Crippen LogP contribution in [0.3, 0.4) is 0 Å². The number of carbonyl (C=O) groups is 1. The number of nitrogens with two attached hydrogens (primary N) is 1. The molecule has 1 heterocycles. The summed E-state index contributed by atoms with van der Waals surface area (Å²) in [6.07, 6.45) is 0. The van der Waals surface area contributed by atoms with E-state index < -0.39 is 0 Å². The summed E-state index contributed by atoms with van der Waals surface area (Å²) >= 11 is 0. The maximum absolute atomic E-state index is 11.9. The fraction of sp³-hybridized carbons (Fsp3) is 0.0769. The van der Waals surface area contributed by atoms with Gasteiger partial charge in [-0.15, -0.1) is 0 Å². The summed E-state index contributed by atoms with van der Waals surface area (Å²) in [4.78, 5) is 16.1. The van der Waals surface area contributed by atoms with Crippen LogP contribution in [-0.2, 0) is 0 Å². The molecule has 0 fully saturated rings. The number of nitrogen functional groups attached to an aromatic ring is 1. The van der Waals surface area contributed by atoms with Crippen LogP contribution in [0.5, 0.6) is 0 Å². The van der Waals surface area contributed by atoms with E-state index in [1.54, 1.807) is 30.3 Å². The van der Waals surface area contributed by atoms with Crippen molar-refractivity contribution in [2.24, 2.45) is 0 Å². The Morgan fingerprint density at radius 1 is 1.24 bits per heavy atom. The zero-order chi connectivity index (χ0) is 12.3. The van der Waals surface area contributed by atoms with Crippen LogP contribution in [0.2, 0.25) is 0 Å². The van der Waals surface area contributed by atoms with Gasteiger partial charge in [-0.3, -0.25) is 4.79 Å². The van der Waals surface area contributed by atoms with Crippen molar-refractivity contribution in [3.05, 3.63) is 53.7 Å². The van der Waals surface area contributed by atoms with Gasteiger partial charge in [0.1, 0.15) is 5.82 Å². The molecule has 0 bridgehead atoms. The zero-order valence-corrected chi connectivity index (χ0v) is 9.47. The number of pyridine rings is 1. The lowest BCUT2D eigenvalue weighted by Gasteiger charge is -2.05. The minimum Gasteiger partial charge on any atom is -0.399 e. The lowest BCUT2D eigenvalue weighted by molar-refractivity contribution is 0.102. The topological polar surface area (TPSA) is 68.0 Å². The van der Waals surface area contributed by atoms with Crippen molar-refractivity contribution in [2.75, 3.05) is 11.1 Å². The van der Waals surface area contributed by atoms with Crippen LogP contribution in [0.1, 0.15) is 16.1 Å². The Balaban J connectivity index is 2.17. The number of hydrogen-bond donors (Lipinski definition) is 2. The highest BCUT2D eigenvalue weighted by Crippen LogP contribution is 2.10. The van der Waals surface area contributed by atoms with Gasteiger partial charge in [-0.2, -0.15) is 0 Å². The van der Waals surface area contributed by atoms with Gasteiger partial charge in [-0.25, -0.2) is 4.98 Å². The van der Waals surface area contributed by atoms with Gasteiger partial charge < -0.3 is 11.1 Å². The summed E-state index contributed by atoms with van der Waals surface area (Å²) in [7, 11) is 0. The second-order valence-electron chi connectivity index (χ2n) is 3.74. The summed E-state index contributed by atoms with van der Waals surface area (Å²) in [5.74, 6) is 0.327. The second kappa shape index (κ2) is 4.65. The van der Waals surface area contributed by atoms with Gasteiger partial charge in [0.05, 0.1) is 0 Å². The highest BCUT2D eigenvalue weighted by Gasteiger charge is 2.06. The maximum atomic E-state index is 11.9. The van der Waals surface area contributed by atoms with Crippen LogP contribution in [0, 0.1) is 6.92 Å². The van der Waals surface area contributed by atoms with Crippen molar-refractivity contribution in [1.29, 1.82) is 0 Å². The van der Waals surface area contributed by atoms with E-state index in [9.17, 15) is 4.79 Å². The normalized spacial score (nSPS) is 9.94. The van der Waals surface area contributed by atoms with Crippen LogP contribution in [0.15, 0.2) is 42.5 Å². The number of amides is 1. The van der Waals surface area contributed by atoms with Crippen molar-refractivity contribution in [2.45, 2.75) is 6.92 Å². The van der Waals surface area contributed by atoms with E-state index in [1.807, 2.05) is 19.1 Å². The number of aryl methyl sites for hydroxylation is 1. The number of carbonyl (C=O) groups excluding carboxylic acids is 1. The van der Waals surface area contributed by atoms with Crippen molar-refractivity contribution < 1.29 is 4.79 Å². The Morgan fingerprint density at radius 3 is 2.71 bits per heavy atom. The number of nitrogens with zero attached hydrogens (tertiary/aromatic N) is 1. The highest BCUT2D eigenvalue weighted by atomic mass is 16.1. The number of aromatic nitrogens is 1. The molecular formula is C13H13N3O. The van der Waals surface area contributed by atoms with Gasteiger partial charge in [0.2, 0.25) is 0 Å². The lowest BCUT2D eigenvalue weighted by atomic mass is 10.2. The Kier molecular flexibility index (Phi) is 3.05. The molecule has 86 valence electrons. The van der Waals surface area contributed by atoms with Gasteiger partial charge >= 0.3 is 0 Å². The highest BCUT2D eigenvalue weighted by molar-refractivity contribution is 6.04. The van der Waals surface area contributed by atoms with Crippen LogP contribution >= 0.6 is 0 Å². The molecule has 0 aliphatic heterocycles. The minimum absolute atomic E-state index is 0.213. The van der Waals surface area contributed by atoms with Gasteiger partial charge in [-0.1, -0.05) is 12.1 Å². The quantitative estimate of drug-likeness (QED) is 0.773. The zero-order valence-electron chi connectivity index (χ0n) is 9.47. The number of hydrogen-bond acceptors (Lipinski definition) is 3. The van der Waals surface area contributed by atoms with Crippen molar-refractivity contribution >= 4 is 17.4 Å². The van der Waals surface area contributed by atoms with Crippen molar-refractivity contribution in [3.8, 4) is 0 Å². The molecule has 0 aliphatic rings. The molecule has 0 unspecified atom stereocenters. The largest absolute Gasteiger partial charge is 0.399 e. The first kappa shape index (κ1) is 11.1. The molecule has 0 saturated heterocycles. The Bertz CT molecular complexity index is 552. The number of rotatable bonds is 2. The summed E-state index contributed by atoms with van der Waals surface area (Å²) in [5.41, 5.74) is 7.56. The molecule has 0 aliphatic carbocycles. The molecular weight excluding hydrogens is 214 g/mol. The van der Waals surface area contributed by atoms with Gasteiger partial charge in [-0.05, 0) is 37.3 Å². The first-order chi connectivity index (χ1) is 8.15. The molecule has 17 heavy (non-hydrogen) atoms. The number of benzene rings is 1. The Morgan fingerprint density at radius 2 is 2.00 bits per heavy atom. The first-order valence-corrected chi connectivity index (χ1v) is 5.26. The predicted octanol–water partition coefficient (Wildman–Crippen LogP) is 2.22. The third-order valence-corrected chi connectivity index (χ3v) is 2.28. The van der Waals surface area contributed by atoms with E-state index in [0.29, 0.717) is 17.1 Å². The van der Waals surface area contributed by atoms with Crippen LogP contribution in [0.25, 0.3) is 0 Å². The molecule has 2 rings (SSSR count). The van der Waals surface area contributed by atoms with Gasteiger partial charge in [0, 0.05) is 16.9 Å². The monoisotopic (exact) mass is 227 g/mol. The van der Waals surface area contributed by atoms with Gasteiger partial charge in [0.15, 0.2) is 0 Å². The van der Waals surface area contributed by atoms with Crippen LogP contribution in [-0.4, -0.2) is 10.9 Å². The second-order valence-corrected chi connectivity index (χ2v) is 3.74. The van der Waals surface area contributed by atoms with E-state index in [1.165, 1.54) is 0 Å². The average Bonchev–Trinajstić information content (AvgIpc) is 2.29.